The topological polar surface area (TPSA) is 52.7 Å². The Labute approximate surface area is 180 Å². The average molecular weight is 456 g/mol. The fraction of sp³-hybridized carbons (Fsp3) is 0.391. The maximum atomic E-state index is 12.9. The Morgan fingerprint density at radius 2 is 1.72 bits per heavy atom. The van der Waals surface area contributed by atoms with Crippen molar-refractivity contribution in [1.82, 2.24) is 4.90 Å². The van der Waals surface area contributed by atoms with E-state index in [4.69, 9.17) is 0 Å². The van der Waals surface area contributed by atoms with Crippen LogP contribution in [-0.2, 0) is 4.79 Å². The zero-order valence-electron chi connectivity index (χ0n) is 16.7. The predicted molar refractivity (Wildman–Crippen MR) is 119 cm³/mol. The van der Waals surface area contributed by atoms with Crippen LogP contribution in [0.15, 0.2) is 46.9 Å². The van der Waals surface area contributed by atoms with Gasteiger partial charge in [-0.1, -0.05) is 15.9 Å². The highest BCUT2D eigenvalue weighted by Gasteiger charge is 2.34. The Morgan fingerprint density at radius 1 is 1.00 bits per heavy atom. The monoisotopic (exact) mass is 455 g/mol. The molecule has 0 bridgehead atoms. The number of hydrogen-bond donors (Lipinski definition) is 1. The van der Waals surface area contributed by atoms with Gasteiger partial charge in [0.25, 0.3) is 5.91 Å². The number of halogens is 1. The number of benzene rings is 2. The Hall–Kier alpha value is -2.34. The molecule has 2 saturated heterocycles. The minimum absolute atomic E-state index is 0.0873. The second-order valence-electron chi connectivity index (χ2n) is 7.85. The Bertz CT molecular complexity index is 907. The van der Waals surface area contributed by atoms with Crippen molar-refractivity contribution in [1.29, 1.82) is 0 Å². The van der Waals surface area contributed by atoms with Crippen molar-refractivity contribution in [2.75, 3.05) is 29.9 Å². The molecule has 0 saturated carbocycles. The van der Waals surface area contributed by atoms with Crippen molar-refractivity contribution in [3.63, 3.8) is 0 Å². The van der Waals surface area contributed by atoms with Gasteiger partial charge in [0.15, 0.2) is 0 Å². The molecule has 0 aromatic heterocycles. The van der Waals surface area contributed by atoms with Gasteiger partial charge in [0.2, 0.25) is 5.91 Å². The Balaban J connectivity index is 1.45. The number of aryl methyl sites for hydroxylation is 1. The molecule has 5 nitrogen and oxygen atoms in total. The zero-order valence-corrected chi connectivity index (χ0v) is 18.2. The highest BCUT2D eigenvalue weighted by Crippen LogP contribution is 2.28. The van der Waals surface area contributed by atoms with E-state index in [2.05, 4.69) is 39.1 Å². The van der Waals surface area contributed by atoms with Crippen LogP contribution in [0.25, 0.3) is 0 Å². The van der Waals surface area contributed by atoms with E-state index in [1.807, 2.05) is 24.3 Å². The molecular formula is C23H26BrN3O2. The molecule has 2 fully saturated rings. The lowest BCUT2D eigenvalue weighted by Crippen LogP contribution is -2.43. The molecule has 0 aliphatic carbocycles. The molecule has 29 heavy (non-hydrogen) atoms. The van der Waals surface area contributed by atoms with E-state index in [0.717, 1.165) is 29.7 Å². The van der Waals surface area contributed by atoms with Crippen LogP contribution >= 0.6 is 15.9 Å². The second kappa shape index (κ2) is 8.57. The number of nitrogens with one attached hydrogen (secondary N) is 1. The van der Waals surface area contributed by atoms with E-state index in [1.165, 1.54) is 24.1 Å². The van der Waals surface area contributed by atoms with Crippen LogP contribution in [0.4, 0.5) is 11.4 Å². The number of carbonyl (C=O) groups is 2. The highest BCUT2D eigenvalue weighted by molar-refractivity contribution is 9.10. The fourth-order valence-electron chi connectivity index (χ4n) is 4.31. The van der Waals surface area contributed by atoms with Crippen molar-refractivity contribution in [3.05, 3.63) is 58.1 Å². The third-order valence-corrected chi connectivity index (χ3v) is 6.35. The number of likely N-dealkylation sites (tertiary alicyclic amines) is 1. The number of amides is 2. The molecule has 1 N–H and O–H groups in total. The Morgan fingerprint density at radius 3 is 2.41 bits per heavy atom. The normalized spacial score (nSPS) is 18.9. The van der Waals surface area contributed by atoms with Crippen LogP contribution in [0.2, 0.25) is 0 Å². The van der Waals surface area contributed by atoms with Crippen LogP contribution in [-0.4, -0.2) is 42.4 Å². The lowest BCUT2D eigenvalue weighted by molar-refractivity contribution is -0.119. The smallest absolute Gasteiger partial charge is 0.254 e. The molecule has 1 atom stereocenters. The first kappa shape index (κ1) is 20.0. The maximum absolute atomic E-state index is 12.9. The number of hydrogen-bond acceptors (Lipinski definition) is 3. The maximum Gasteiger partial charge on any atom is 0.254 e. The molecule has 2 aliphatic heterocycles. The summed E-state index contributed by atoms with van der Waals surface area (Å²) in [5.74, 6) is -0.197. The van der Waals surface area contributed by atoms with Gasteiger partial charge in [-0.2, -0.15) is 0 Å². The van der Waals surface area contributed by atoms with E-state index in [-0.39, 0.29) is 11.8 Å². The minimum Gasteiger partial charge on any atom is -0.371 e. The summed E-state index contributed by atoms with van der Waals surface area (Å²) in [4.78, 5) is 29.9. The van der Waals surface area contributed by atoms with Gasteiger partial charge in [0.1, 0.15) is 6.04 Å². The summed E-state index contributed by atoms with van der Waals surface area (Å²) in [6.45, 7) is 4.89. The van der Waals surface area contributed by atoms with Crippen molar-refractivity contribution in [2.24, 2.45) is 0 Å². The van der Waals surface area contributed by atoms with Gasteiger partial charge >= 0.3 is 0 Å². The standard InChI is InChI=1S/C23H26BrN3O2/c1-16-15-19(10-11-20(16)26-12-2-3-13-26)25-22(28)21-5-4-14-27(21)23(29)17-6-8-18(24)9-7-17/h6-11,15,21H,2-5,12-14H2,1H3,(H,25,28). The van der Waals surface area contributed by atoms with E-state index in [1.54, 1.807) is 17.0 Å². The zero-order chi connectivity index (χ0) is 20.4. The summed E-state index contributed by atoms with van der Waals surface area (Å²) in [7, 11) is 0. The molecule has 0 radical (unpaired) electrons. The molecular weight excluding hydrogens is 430 g/mol. The third-order valence-electron chi connectivity index (χ3n) is 5.82. The lowest BCUT2D eigenvalue weighted by atomic mass is 10.1. The highest BCUT2D eigenvalue weighted by atomic mass is 79.9. The van der Waals surface area contributed by atoms with Crippen LogP contribution in [0.5, 0.6) is 0 Å². The van der Waals surface area contributed by atoms with E-state index in [0.29, 0.717) is 18.5 Å². The Kier molecular flexibility index (Phi) is 5.90. The SMILES string of the molecule is Cc1cc(NC(=O)C2CCCN2C(=O)c2ccc(Br)cc2)ccc1N1CCCC1. The van der Waals surface area contributed by atoms with Gasteiger partial charge in [-0.05, 0) is 80.6 Å². The lowest BCUT2D eigenvalue weighted by Gasteiger charge is -2.25. The van der Waals surface area contributed by atoms with Crippen LogP contribution in [0, 0.1) is 6.92 Å². The molecule has 1 unspecified atom stereocenters. The molecule has 0 spiro atoms. The average Bonchev–Trinajstić information content (AvgIpc) is 3.40. The first-order valence-corrected chi connectivity index (χ1v) is 11.1. The molecule has 2 aliphatic rings. The van der Waals surface area contributed by atoms with E-state index < -0.39 is 6.04 Å². The number of anilines is 2. The first-order chi connectivity index (χ1) is 14.0. The van der Waals surface area contributed by atoms with Crippen molar-refractivity contribution >= 4 is 39.1 Å². The van der Waals surface area contributed by atoms with Crippen molar-refractivity contribution < 1.29 is 9.59 Å². The van der Waals surface area contributed by atoms with Gasteiger partial charge in [0, 0.05) is 41.0 Å². The molecule has 2 aromatic rings. The fourth-order valence-corrected chi connectivity index (χ4v) is 4.58. The van der Waals surface area contributed by atoms with Gasteiger partial charge in [0.05, 0.1) is 0 Å². The number of rotatable bonds is 4. The predicted octanol–water partition coefficient (Wildman–Crippen LogP) is 4.60. The van der Waals surface area contributed by atoms with Gasteiger partial charge in [-0.25, -0.2) is 0 Å². The van der Waals surface area contributed by atoms with Crippen molar-refractivity contribution in [3.8, 4) is 0 Å². The summed E-state index contributed by atoms with van der Waals surface area (Å²) in [5.41, 5.74) is 3.81. The van der Waals surface area contributed by atoms with Gasteiger partial charge < -0.3 is 15.1 Å². The number of carbonyl (C=O) groups excluding carboxylic acids is 2. The van der Waals surface area contributed by atoms with E-state index in [9.17, 15) is 9.59 Å². The summed E-state index contributed by atoms with van der Waals surface area (Å²) >= 11 is 3.39. The van der Waals surface area contributed by atoms with Crippen molar-refractivity contribution in [2.45, 2.75) is 38.6 Å². The van der Waals surface area contributed by atoms with Gasteiger partial charge in [-0.3, -0.25) is 9.59 Å². The molecule has 6 heteroatoms. The molecule has 2 aromatic carbocycles. The quantitative estimate of drug-likeness (QED) is 0.732. The third kappa shape index (κ3) is 4.32. The largest absolute Gasteiger partial charge is 0.371 e. The summed E-state index contributed by atoms with van der Waals surface area (Å²) in [5, 5.41) is 3.03. The number of nitrogens with zero attached hydrogens (tertiary/aromatic N) is 2. The van der Waals surface area contributed by atoms with Crippen LogP contribution < -0.4 is 10.2 Å². The molecule has 2 amide bonds. The summed E-state index contributed by atoms with van der Waals surface area (Å²) in [6.07, 6.45) is 4.01. The van der Waals surface area contributed by atoms with Crippen LogP contribution in [0.3, 0.4) is 0 Å². The van der Waals surface area contributed by atoms with E-state index >= 15 is 0 Å². The van der Waals surface area contributed by atoms with Crippen LogP contribution in [0.1, 0.15) is 41.6 Å². The summed E-state index contributed by atoms with van der Waals surface area (Å²) < 4.78 is 0.928. The molecule has 152 valence electrons. The van der Waals surface area contributed by atoms with Gasteiger partial charge in [-0.15, -0.1) is 0 Å². The first-order valence-electron chi connectivity index (χ1n) is 10.3. The summed E-state index contributed by atoms with van der Waals surface area (Å²) in [6, 6.07) is 12.9. The second-order valence-corrected chi connectivity index (χ2v) is 8.76. The molecule has 4 rings (SSSR count). The molecule has 2 heterocycles. The minimum atomic E-state index is -0.426.